The zero-order valence-electron chi connectivity index (χ0n) is 14.6. The van der Waals surface area contributed by atoms with Gasteiger partial charge in [-0.3, -0.25) is 14.4 Å². The first kappa shape index (κ1) is 18.6. The minimum absolute atomic E-state index is 0.0649. The molecule has 1 aromatic carbocycles. The van der Waals surface area contributed by atoms with E-state index in [1.54, 1.807) is 11.0 Å². The Balaban J connectivity index is 1.40. The summed E-state index contributed by atoms with van der Waals surface area (Å²) in [5.41, 5.74) is 0.877. The summed E-state index contributed by atoms with van der Waals surface area (Å²) >= 11 is 0. The summed E-state index contributed by atoms with van der Waals surface area (Å²) in [6.07, 6.45) is 4.37. The van der Waals surface area contributed by atoms with Gasteiger partial charge in [-0.15, -0.1) is 0 Å². The summed E-state index contributed by atoms with van der Waals surface area (Å²) in [5, 5.41) is 5.03. The molecular weight excluding hydrogens is 353 g/mol. The van der Waals surface area contributed by atoms with Crippen LogP contribution < -0.4 is 10.6 Å². The lowest BCUT2D eigenvalue weighted by Gasteiger charge is -2.31. The molecule has 27 heavy (non-hydrogen) atoms. The van der Waals surface area contributed by atoms with Crippen LogP contribution in [0.2, 0.25) is 0 Å². The largest absolute Gasteiger partial charge is 0.472 e. The van der Waals surface area contributed by atoms with E-state index in [2.05, 4.69) is 10.6 Å². The molecule has 0 atom stereocenters. The van der Waals surface area contributed by atoms with E-state index < -0.39 is 17.6 Å². The Morgan fingerprint density at radius 3 is 2.41 bits per heavy atom. The summed E-state index contributed by atoms with van der Waals surface area (Å²) < 4.78 is 17.8. The van der Waals surface area contributed by atoms with Crippen molar-refractivity contribution in [3.8, 4) is 0 Å². The molecule has 3 amide bonds. The highest BCUT2D eigenvalue weighted by atomic mass is 19.1. The minimum atomic E-state index is -0.797. The molecule has 1 aliphatic heterocycles. The van der Waals surface area contributed by atoms with Crippen molar-refractivity contribution < 1.29 is 23.2 Å². The maximum atomic E-state index is 12.8. The first-order valence-electron chi connectivity index (χ1n) is 8.69. The van der Waals surface area contributed by atoms with E-state index in [0.29, 0.717) is 30.9 Å². The van der Waals surface area contributed by atoms with Crippen LogP contribution in [-0.2, 0) is 9.59 Å². The van der Waals surface area contributed by atoms with E-state index in [9.17, 15) is 18.8 Å². The molecule has 7 nitrogen and oxygen atoms in total. The summed E-state index contributed by atoms with van der Waals surface area (Å²) in [6.45, 7) is 1.54. The third-order valence-corrected chi connectivity index (χ3v) is 4.53. The molecule has 2 N–H and O–H groups in total. The van der Waals surface area contributed by atoms with Gasteiger partial charge in [-0.25, -0.2) is 4.39 Å². The molecule has 0 unspecified atom stereocenters. The maximum absolute atomic E-state index is 12.8. The molecule has 1 aromatic heterocycles. The molecule has 0 saturated carbocycles. The molecule has 1 aliphatic rings. The van der Waals surface area contributed by atoms with Gasteiger partial charge in [0, 0.05) is 25.3 Å². The first-order chi connectivity index (χ1) is 13.0. The lowest BCUT2D eigenvalue weighted by atomic mass is 9.96. The number of amides is 3. The predicted octanol–water partition coefficient (Wildman–Crippen LogP) is 2.03. The van der Waals surface area contributed by atoms with Crippen molar-refractivity contribution >= 4 is 23.4 Å². The number of anilines is 1. The van der Waals surface area contributed by atoms with E-state index in [-0.39, 0.29) is 11.8 Å². The number of carbonyl (C=O) groups is 3. The average Bonchev–Trinajstić information content (AvgIpc) is 3.22. The number of benzene rings is 1. The van der Waals surface area contributed by atoms with Gasteiger partial charge in [0.25, 0.3) is 5.91 Å². The lowest BCUT2D eigenvalue weighted by Crippen LogP contribution is -2.43. The van der Waals surface area contributed by atoms with Gasteiger partial charge in [0.1, 0.15) is 12.1 Å². The van der Waals surface area contributed by atoms with Crippen LogP contribution in [0.3, 0.4) is 0 Å². The average molecular weight is 373 g/mol. The van der Waals surface area contributed by atoms with Crippen LogP contribution in [0.4, 0.5) is 10.1 Å². The van der Waals surface area contributed by atoms with Crippen molar-refractivity contribution in [2.75, 3.05) is 25.0 Å². The molecule has 0 bridgehead atoms. The topological polar surface area (TPSA) is 91.7 Å². The molecule has 0 aliphatic carbocycles. The number of halogens is 1. The summed E-state index contributed by atoms with van der Waals surface area (Å²) in [4.78, 5) is 37.8. The van der Waals surface area contributed by atoms with Crippen LogP contribution in [-0.4, -0.2) is 42.3 Å². The van der Waals surface area contributed by atoms with Crippen LogP contribution in [0, 0.1) is 11.7 Å². The van der Waals surface area contributed by atoms with E-state index in [4.69, 9.17) is 4.42 Å². The molecule has 142 valence electrons. The molecule has 2 heterocycles. The maximum Gasteiger partial charge on any atom is 0.313 e. The second-order valence-electron chi connectivity index (χ2n) is 6.42. The third kappa shape index (κ3) is 4.93. The summed E-state index contributed by atoms with van der Waals surface area (Å²) in [5.74, 6) is -1.83. The van der Waals surface area contributed by atoms with Crippen molar-refractivity contribution in [2.24, 2.45) is 5.92 Å². The summed E-state index contributed by atoms with van der Waals surface area (Å²) in [6, 6.07) is 6.80. The van der Waals surface area contributed by atoms with Gasteiger partial charge >= 0.3 is 11.8 Å². The number of hydrogen-bond donors (Lipinski definition) is 2. The highest BCUT2D eigenvalue weighted by Gasteiger charge is 2.25. The van der Waals surface area contributed by atoms with E-state index in [0.717, 1.165) is 12.8 Å². The molecule has 0 spiro atoms. The SMILES string of the molecule is O=C(NCC1CCN(C(=O)c2ccoc2)CC1)C(=O)Nc1ccc(F)cc1. The molecule has 0 radical (unpaired) electrons. The number of carbonyl (C=O) groups excluding carboxylic acids is 3. The molecular formula is C19H20FN3O4. The zero-order valence-corrected chi connectivity index (χ0v) is 14.6. The molecule has 1 fully saturated rings. The number of rotatable bonds is 4. The molecule has 2 aromatic rings. The van der Waals surface area contributed by atoms with Gasteiger partial charge in [-0.1, -0.05) is 0 Å². The monoisotopic (exact) mass is 373 g/mol. The zero-order chi connectivity index (χ0) is 19.2. The van der Waals surface area contributed by atoms with Crippen molar-refractivity contribution in [1.82, 2.24) is 10.2 Å². The van der Waals surface area contributed by atoms with Crippen LogP contribution in [0.25, 0.3) is 0 Å². The summed E-state index contributed by atoms with van der Waals surface area (Å²) in [7, 11) is 0. The molecule has 1 saturated heterocycles. The van der Waals surface area contributed by atoms with Crippen LogP contribution in [0.5, 0.6) is 0 Å². The Morgan fingerprint density at radius 1 is 1.07 bits per heavy atom. The van der Waals surface area contributed by atoms with E-state index in [1.165, 1.54) is 36.8 Å². The smallest absolute Gasteiger partial charge is 0.313 e. The number of piperidine rings is 1. The number of furan rings is 1. The van der Waals surface area contributed by atoms with Crippen molar-refractivity contribution in [2.45, 2.75) is 12.8 Å². The third-order valence-electron chi connectivity index (χ3n) is 4.53. The van der Waals surface area contributed by atoms with Crippen LogP contribution in [0.15, 0.2) is 47.3 Å². The van der Waals surface area contributed by atoms with Crippen LogP contribution >= 0.6 is 0 Å². The number of nitrogens with one attached hydrogen (secondary N) is 2. The fourth-order valence-electron chi connectivity index (χ4n) is 2.95. The standard InChI is InChI=1S/C19H20FN3O4/c20-15-1-3-16(4-2-15)22-18(25)17(24)21-11-13-5-8-23(9-6-13)19(26)14-7-10-27-12-14/h1-4,7,10,12-13H,5-6,8-9,11H2,(H,21,24)(H,22,25). The van der Waals surface area contributed by atoms with Crippen molar-refractivity contribution in [1.29, 1.82) is 0 Å². The fourth-order valence-corrected chi connectivity index (χ4v) is 2.95. The van der Waals surface area contributed by atoms with Gasteiger partial charge in [-0.05, 0) is 49.1 Å². The van der Waals surface area contributed by atoms with Crippen LogP contribution in [0.1, 0.15) is 23.2 Å². The van der Waals surface area contributed by atoms with Crippen molar-refractivity contribution in [3.05, 3.63) is 54.2 Å². The van der Waals surface area contributed by atoms with Gasteiger partial charge in [-0.2, -0.15) is 0 Å². The quantitative estimate of drug-likeness (QED) is 0.802. The highest BCUT2D eigenvalue weighted by Crippen LogP contribution is 2.18. The van der Waals surface area contributed by atoms with Gasteiger partial charge in [0.15, 0.2) is 0 Å². The predicted molar refractivity (Wildman–Crippen MR) is 95.4 cm³/mol. The Labute approximate surface area is 155 Å². The Hall–Kier alpha value is -3.16. The first-order valence-corrected chi connectivity index (χ1v) is 8.69. The number of hydrogen-bond acceptors (Lipinski definition) is 4. The highest BCUT2D eigenvalue weighted by molar-refractivity contribution is 6.39. The number of likely N-dealkylation sites (tertiary alicyclic amines) is 1. The van der Waals surface area contributed by atoms with Gasteiger partial charge in [0.2, 0.25) is 0 Å². The molecule has 3 rings (SSSR count). The van der Waals surface area contributed by atoms with E-state index >= 15 is 0 Å². The van der Waals surface area contributed by atoms with E-state index in [1.807, 2.05) is 0 Å². The number of nitrogens with zero attached hydrogens (tertiary/aromatic N) is 1. The second-order valence-corrected chi connectivity index (χ2v) is 6.42. The van der Waals surface area contributed by atoms with Crippen molar-refractivity contribution in [3.63, 3.8) is 0 Å². The van der Waals surface area contributed by atoms with Gasteiger partial charge in [0.05, 0.1) is 11.8 Å². The minimum Gasteiger partial charge on any atom is -0.472 e. The normalized spacial score (nSPS) is 14.6. The Morgan fingerprint density at radius 2 is 1.78 bits per heavy atom. The lowest BCUT2D eigenvalue weighted by molar-refractivity contribution is -0.136. The fraction of sp³-hybridized carbons (Fsp3) is 0.316. The molecule has 8 heteroatoms. The Bertz CT molecular complexity index is 797. The second kappa shape index (κ2) is 8.48. The Kier molecular flexibility index (Phi) is 5.85. The van der Waals surface area contributed by atoms with Gasteiger partial charge < -0.3 is 20.0 Å².